The second kappa shape index (κ2) is 11.8. The lowest BCUT2D eigenvalue weighted by atomic mass is 9.96. The first-order valence-electron chi connectivity index (χ1n) is 13.0. The van der Waals surface area contributed by atoms with Crippen LogP contribution in [-0.4, -0.2) is 77.6 Å². The molecule has 0 unspecified atom stereocenters. The van der Waals surface area contributed by atoms with Gasteiger partial charge in [0.1, 0.15) is 6.04 Å². The van der Waals surface area contributed by atoms with E-state index in [4.69, 9.17) is 23.2 Å². The maximum atomic E-state index is 13.2. The highest BCUT2D eigenvalue weighted by Gasteiger charge is 2.30. The summed E-state index contributed by atoms with van der Waals surface area (Å²) in [5.41, 5.74) is 2.89. The molecule has 1 aromatic carbocycles. The van der Waals surface area contributed by atoms with E-state index in [1.807, 2.05) is 32.0 Å². The first kappa shape index (κ1) is 29.0. The van der Waals surface area contributed by atoms with Crippen LogP contribution in [0.15, 0.2) is 42.7 Å². The molecule has 1 aliphatic heterocycles. The summed E-state index contributed by atoms with van der Waals surface area (Å²) in [7, 11) is 0. The van der Waals surface area contributed by atoms with Gasteiger partial charge in [0.05, 0.1) is 39.6 Å². The Labute approximate surface area is 249 Å². The summed E-state index contributed by atoms with van der Waals surface area (Å²) in [6.07, 6.45) is 3.54. The summed E-state index contributed by atoms with van der Waals surface area (Å²) in [6.45, 7) is 3.87. The van der Waals surface area contributed by atoms with Gasteiger partial charge in [-0.15, -0.1) is 5.10 Å². The van der Waals surface area contributed by atoms with E-state index in [-0.39, 0.29) is 34.0 Å². The average Bonchev–Trinajstić information content (AvgIpc) is 3.62. The number of pyridine rings is 1. The fourth-order valence-corrected chi connectivity index (χ4v) is 5.34. The van der Waals surface area contributed by atoms with Gasteiger partial charge in [-0.25, -0.2) is 14.1 Å². The summed E-state index contributed by atoms with van der Waals surface area (Å²) < 4.78 is 2.58. The van der Waals surface area contributed by atoms with Gasteiger partial charge < -0.3 is 20.6 Å². The third kappa shape index (κ3) is 5.78. The van der Waals surface area contributed by atoms with Gasteiger partial charge in [-0.05, 0) is 47.7 Å². The van der Waals surface area contributed by atoms with Crippen LogP contribution in [-0.2, 0) is 17.8 Å². The minimum atomic E-state index is -1.49. The number of rotatable bonds is 7. The van der Waals surface area contributed by atoms with Crippen molar-refractivity contribution in [3.05, 3.63) is 80.8 Å². The third-order valence-corrected chi connectivity index (χ3v) is 7.59. The molecule has 0 radical (unpaired) electrons. The van der Waals surface area contributed by atoms with Crippen molar-refractivity contribution in [1.29, 1.82) is 0 Å². The van der Waals surface area contributed by atoms with Crippen molar-refractivity contribution < 1.29 is 24.3 Å². The second-order valence-electron chi connectivity index (χ2n) is 10.1. The summed E-state index contributed by atoms with van der Waals surface area (Å²) in [5.74, 6) is -2.41. The highest BCUT2D eigenvalue weighted by molar-refractivity contribution is 6.40. The number of carbonyl (C=O) groups is 4. The van der Waals surface area contributed by atoms with E-state index in [9.17, 15) is 24.3 Å². The topological polar surface area (TPSA) is 164 Å². The summed E-state index contributed by atoms with van der Waals surface area (Å²) in [5, 5.41) is 26.5. The maximum absolute atomic E-state index is 13.2. The van der Waals surface area contributed by atoms with E-state index in [0.29, 0.717) is 35.5 Å². The van der Waals surface area contributed by atoms with Crippen LogP contribution in [0.4, 0.5) is 4.79 Å². The molecule has 42 heavy (non-hydrogen) atoms. The fraction of sp³-hybridized carbons (Fsp3) is 0.296. The SMILES string of the molecule is CC(C)c1cn(C(=O)NC[C@H](NC(=O)c2c(Cl)cc3c(c2Cl)CCN(C(=O)c2cc4ccccn4n2)C3)C(=O)O)nn1. The number of carbonyl (C=O) groups excluding carboxylic acids is 3. The van der Waals surface area contributed by atoms with Crippen LogP contribution in [0.2, 0.25) is 10.0 Å². The molecule has 0 saturated heterocycles. The number of carboxylic acid groups (broad SMARTS) is 1. The molecule has 0 aliphatic carbocycles. The van der Waals surface area contributed by atoms with E-state index < -0.39 is 30.5 Å². The smallest absolute Gasteiger partial charge is 0.343 e. The van der Waals surface area contributed by atoms with Crippen molar-refractivity contribution in [1.82, 2.24) is 40.1 Å². The minimum Gasteiger partial charge on any atom is -0.480 e. The van der Waals surface area contributed by atoms with Gasteiger partial charge in [-0.1, -0.05) is 48.3 Å². The predicted octanol–water partition coefficient (Wildman–Crippen LogP) is 3.00. The standard InChI is InChI=1S/C27H26Cl2N8O5/c1-14(2)21-13-37(34-32-21)27(42)30-11-20(26(40)41)31-24(38)22-18(28)9-15-12-35(8-6-17(15)23(22)29)25(39)19-10-16-5-3-4-7-36(16)33-19/h3-5,7,9-10,13-14,20H,6,8,11-12H2,1-2H3,(H,30,42)(H,31,38)(H,40,41)/t20-/m0/s1. The van der Waals surface area contributed by atoms with Gasteiger partial charge in [0, 0.05) is 19.3 Å². The van der Waals surface area contributed by atoms with Crippen LogP contribution in [0.25, 0.3) is 5.52 Å². The molecule has 3 aromatic heterocycles. The molecular weight excluding hydrogens is 587 g/mol. The Kier molecular flexibility index (Phi) is 8.14. The van der Waals surface area contributed by atoms with Crippen LogP contribution in [0.5, 0.6) is 0 Å². The number of halogens is 2. The van der Waals surface area contributed by atoms with E-state index >= 15 is 0 Å². The highest BCUT2D eigenvalue weighted by atomic mass is 35.5. The number of fused-ring (bicyclic) bond motifs is 2. The van der Waals surface area contributed by atoms with Gasteiger partial charge in [0.15, 0.2) is 5.69 Å². The van der Waals surface area contributed by atoms with Crippen molar-refractivity contribution in [2.45, 2.75) is 38.8 Å². The number of aromatic nitrogens is 5. The molecule has 13 nitrogen and oxygen atoms in total. The zero-order valence-electron chi connectivity index (χ0n) is 22.5. The molecule has 0 bridgehead atoms. The maximum Gasteiger partial charge on any atom is 0.343 e. The van der Waals surface area contributed by atoms with Crippen molar-refractivity contribution in [3.63, 3.8) is 0 Å². The summed E-state index contributed by atoms with van der Waals surface area (Å²) in [4.78, 5) is 52.2. The van der Waals surface area contributed by atoms with E-state index in [1.54, 1.807) is 27.7 Å². The lowest BCUT2D eigenvalue weighted by molar-refractivity contribution is -0.139. The van der Waals surface area contributed by atoms with Crippen molar-refractivity contribution in [3.8, 4) is 0 Å². The zero-order chi connectivity index (χ0) is 30.1. The van der Waals surface area contributed by atoms with Gasteiger partial charge in [-0.2, -0.15) is 9.78 Å². The van der Waals surface area contributed by atoms with E-state index in [0.717, 1.165) is 10.2 Å². The van der Waals surface area contributed by atoms with Crippen LogP contribution in [0.3, 0.4) is 0 Å². The van der Waals surface area contributed by atoms with E-state index in [2.05, 4.69) is 26.0 Å². The Morgan fingerprint density at radius 2 is 1.93 bits per heavy atom. The van der Waals surface area contributed by atoms with Gasteiger partial charge in [0.25, 0.3) is 11.8 Å². The van der Waals surface area contributed by atoms with E-state index in [1.165, 1.54) is 6.20 Å². The van der Waals surface area contributed by atoms with Crippen LogP contribution in [0, 0.1) is 0 Å². The summed E-state index contributed by atoms with van der Waals surface area (Å²) in [6, 6.07) is 6.59. The molecule has 4 aromatic rings. The van der Waals surface area contributed by atoms with Crippen molar-refractivity contribution in [2.75, 3.05) is 13.1 Å². The van der Waals surface area contributed by atoms with Gasteiger partial charge in [0.2, 0.25) is 0 Å². The largest absolute Gasteiger partial charge is 0.480 e. The molecule has 1 aliphatic rings. The Hall–Kier alpha value is -4.49. The molecule has 0 spiro atoms. The first-order chi connectivity index (χ1) is 20.0. The number of nitrogens with zero attached hydrogens (tertiary/aromatic N) is 6. The zero-order valence-corrected chi connectivity index (χ0v) is 24.1. The number of nitrogens with one attached hydrogen (secondary N) is 2. The molecule has 1 atom stereocenters. The number of amides is 3. The molecule has 218 valence electrons. The quantitative estimate of drug-likeness (QED) is 0.286. The molecular formula is C27H26Cl2N8O5. The molecule has 3 amide bonds. The predicted molar refractivity (Wildman–Crippen MR) is 152 cm³/mol. The third-order valence-electron chi connectivity index (χ3n) is 6.88. The number of carboxylic acids is 1. The van der Waals surface area contributed by atoms with Crippen LogP contribution < -0.4 is 10.6 Å². The Morgan fingerprint density at radius 1 is 1.14 bits per heavy atom. The number of benzene rings is 1. The number of aliphatic carboxylic acids is 1. The Morgan fingerprint density at radius 3 is 2.62 bits per heavy atom. The minimum absolute atomic E-state index is 0.00437. The van der Waals surface area contributed by atoms with Crippen LogP contribution in [0.1, 0.15) is 57.4 Å². The summed E-state index contributed by atoms with van der Waals surface area (Å²) >= 11 is 13.1. The highest BCUT2D eigenvalue weighted by Crippen LogP contribution is 2.35. The van der Waals surface area contributed by atoms with Crippen LogP contribution >= 0.6 is 23.2 Å². The number of hydrogen-bond donors (Lipinski definition) is 3. The average molecular weight is 613 g/mol. The lowest BCUT2D eigenvalue weighted by Crippen LogP contribution is -2.49. The molecule has 5 rings (SSSR count). The molecule has 0 fully saturated rings. The second-order valence-corrected chi connectivity index (χ2v) is 10.8. The first-order valence-corrected chi connectivity index (χ1v) is 13.8. The Balaban J connectivity index is 1.28. The number of hydrogen-bond acceptors (Lipinski definition) is 7. The van der Waals surface area contributed by atoms with Crippen molar-refractivity contribution in [2.24, 2.45) is 0 Å². The lowest BCUT2D eigenvalue weighted by Gasteiger charge is -2.30. The fourth-order valence-electron chi connectivity index (χ4n) is 4.58. The molecule has 15 heteroatoms. The monoisotopic (exact) mass is 612 g/mol. The van der Waals surface area contributed by atoms with Gasteiger partial charge >= 0.3 is 12.0 Å². The molecule has 3 N–H and O–H groups in total. The molecule has 0 saturated carbocycles. The Bertz CT molecular complexity index is 1680. The molecule has 4 heterocycles. The normalized spacial score (nSPS) is 13.6. The van der Waals surface area contributed by atoms with Crippen molar-refractivity contribution >= 4 is 52.5 Å². The van der Waals surface area contributed by atoms with Gasteiger partial charge in [-0.3, -0.25) is 9.59 Å².